The highest BCUT2D eigenvalue weighted by Crippen LogP contribution is 2.35. The number of carboxylic acids is 1. The lowest BCUT2D eigenvalue weighted by atomic mass is 9.76. The molecular formula is C16H19NO5S. The number of esters is 1. The van der Waals surface area contributed by atoms with Gasteiger partial charge >= 0.3 is 11.9 Å². The van der Waals surface area contributed by atoms with Crippen LogP contribution < -0.4 is 5.32 Å². The van der Waals surface area contributed by atoms with Crippen LogP contribution in [0.1, 0.15) is 36.4 Å². The minimum Gasteiger partial charge on any atom is -0.481 e. The van der Waals surface area contributed by atoms with E-state index in [1.54, 1.807) is 11.4 Å². The van der Waals surface area contributed by atoms with E-state index in [-0.39, 0.29) is 5.91 Å². The minimum atomic E-state index is -0.976. The van der Waals surface area contributed by atoms with Crippen LogP contribution in [-0.2, 0) is 14.3 Å². The number of rotatable bonds is 4. The Hall–Kier alpha value is -2.15. The Morgan fingerprint density at radius 1 is 1.22 bits per heavy atom. The maximum atomic E-state index is 12.6. The van der Waals surface area contributed by atoms with Gasteiger partial charge in [0.25, 0.3) is 0 Å². The van der Waals surface area contributed by atoms with E-state index < -0.39 is 23.8 Å². The molecule has 23 heavy (non-hydrogen) atoms. The van der Waals surface area contributed by atoms with Crippen LogP contribution >= 0.6 is 11.3 Å². The van der Waals surface area contributed by atoms with Gasteiger partial charge in [-0.2, -0.15) is 0 Å². The van der Waals surface area contributed by atoms with E-state index in [1.807, 2.05) is 13.8 Å². The Kier molecular flexibility index (Phi) is 5.20. The van der Waals surface area contributed by atoms with E-state index in [0.29, 0.717) is 23.4 Å². The molecule has 0 saturated carbocycles. The zero-order valence-electron chi connectivity index (χ0n) is 13.2. The molecule has 1 aromatic heterocycles. The van der Waals surface area contributed by atoms with Crippen molar-refractivity contribution in [2.24, 2.45) is 11.8 Å². The predicted molar refractivity (Wildman–Crippen MR) is 86.5 cm³/mol. The van der Waals surface area contributed by atoms with Gasteiger partial charge in [0, 0.05) is 0 Å². The third kappa shape index (κ3) is 3.61. The van der Waals surface area contributed by atoms with E-state index in [4.69, 9.17) is 0 Å². The normalized spacial score (nSPS) is 21.0. The van der Waals surface area contributed by atoms with Gasteiger partial charge in [0.05, 0.1) is 24.6 Å². The van der Waals surface area contributed by atoms with E-state index >= 15 is 0 Å². The lowest BCUT2D eigenvalue weighted by molar-refractivity contribution is -0.146. The second-order valence-corrected chi connectivity index (χ2v) is 6.58. The van der Waals surface area contributed by atoms with Crippen LogP contribution in [0.4, 0.5) is 5.69 Å². The van der Waals surface area contributed by atoms with Gasteiger partial charge in [-0.15, -0.1) is 11.3 Å². The van der Waals surface area contributed by atoms with Gasteiger partial charge in [0.15, 0.2) is 0 Å². The molecule has 2 rings (SSSR count). The molecule has 6 nitrogen and oxygen atoms in total. The first-order valence-corrected chi connectivity index (χ1v) is 8.07. The Balaban J connectivity index is 2.21. The Morgan fingerprint density at radius 3 is 2.39 bits per heavy atom. The van der Waals surface area contributed by atoms with Gasteiger partial charge in [-0.25, -0.2) is 4.79 Å². The topological polar surface area (TPSA) is 92.7 Å². The molecule has 0 unspecified atom stereocenters. The van der Waals surface area contributed by atoms with E-state index in [0.717, 1.165) is 22.5 Å². The number of carboxylic acid groups (broad SMARTS) is 1. The molecule has 1 amide bonds. The summed E-state index contributed by atoms with van der Waals surface area (Å²) in [5.41, 5.74) is 2.42. The number of hydrogen-bond acceptors (Lipinski definition) is 5. The molecule has 0 fully saturated rings. The molecule has 0 saturated heterocycles. The Bertz CT molecular complexity index is 676. The lowest BCUT2D eigenvalue weighted by Crippen LogP contribution is -2.36. The van der Waals surface area contributed by atoms with Gasteiger partial charge in [0.2, 0.25) is 5.91 Å². The number of nitrogens with one attached hydrogen (secondary N) is 1. The van der Waals surface area contributed by atoms with Gasteiger partial charge in [-0.3, -0.25) is 9.59 Å². The summed E-state index contributed by atoms with van der Waals surface area (Å²) in [5, 5.41) is 13.7. The molecule has 0 aliphatic heterocycles. The quantitative estimate of drug-likeness (QED) is 0.651. The van der Waals surface area contributed by atoms with Gasteiger partial charge in [-0.1, -0.05) is 11.1 Å². The Morgan fingerprint density at radius 2 is 1.83 bits per heavy atom. The van der Waals surface area contributed by atoms with Crippen molar-refractivity contribution in [3.63, 3.8) is 0 Å². The number of methoxy groups -OCH3 is 1. The number of carbonyl (C=O) groups is 3. The average Bonchev–Trinajstić information content (AvgIpc) is 2.96. The minimum absolute atomic E-state index is 0.298. The molecule has 1 aliphatic carbocycles. The van der Waals surface area contributed by atoms with Crippen LogP contribution in [0.2, 0.25) is 0 Å². The molecule has 2 atom stereocenters. The summed E-state index contributed by atoms with van der Waals surface area (Å²) in [6.45, 7) is 3.81. The molecule has 1 aromatic rings. The van der Waals surface area contributed by atoms with Crippen molar-refractivity contribution < 1.29 is 24.2 Å². The zero-order valence-corrected chi connectivity index (χ0v) is 14.0. The fourth-order valence-electron chi connectivity index (χ4n) is 2.71. The number of anilines is 1. The number of hydrogen-bond donors (Lipinski definition) is 2. The highest BCUT2D eigenvalue weighted by atomic mass is 32.1. The summed E-state index contributed by atoms with van der Waals surface area (Å²) < 4.78 is 4.67. The highest BCUT2D eigenvalue weighted by Gasteiger charge is 2.37. The van der Waals surface area contributed by atoms with Crippen molar-refractivity contribution in [1.82, 2.24) is 0 Å². The molecule has 0 bridgehead atoms. The number of thiophene rings is 1. The molecule has 0 spiro atoms. The first-order valence-electron chi connectivity index (χ1n) is 7.19. The zero-order chi connectivity index (χ0) is 17.1. The third-order valence-corrected chi connectivity index (χ3v) is 5.11. The maximum absolute atomic E-state index is 12.6. The van der Waals surface area contributed by atoms with Gasteiger partial charge in [-0.05, 0) is 38.1 Å². The van der Waals surface area contributed by atoms with Crippen LogP contribution in [0, 0.1) is 11.8 Å². The number of amides is 1. The van der Waals surface area contributed by atoms with Crippen LogP contribution in [-0.4, -0.2) is 30.1 Å². The van der Waals surface area contributed by atoms with Crippen LogP contribution in [0.15, 0.2) is 22.6 Å². The monoisotopic (exact) mass is 337 g/mol. The molecule has 1 aliphatic rings. The highest BCUT2D eigenvalue weighted by molar-refractivity contribution is 7.12. The number of aliphatic carboxylic acids is 1. The van der Waals surface area contributed by atoms with Gasteiger partial charge in [0.1, 0.15) is 4.88 Å². The van der Waals surface area contributed by atoms with Crippen molar-refractivity contribution >= 4 is 34.9 Å². The summed E-state index contributed by atoms with van der Waals surface area (Å²) in [6, 6.07) is 1.61. The molecule has 124 valence electrons. The fourth-order valence-corrected chi connectivity index (χ4v) is 3.48. The van der Waals surface area contributed by atoms with Crippen LogP contribution in [0.25, 0.3) is 0 Å². The van der Waals surface area contributed by atoms with Crippen molar-refractivity contribution in [1.29, 1.82) is 0 Å². The third-order valence-electron chi connectivity index (χ3n) is 4.21. The number of allylic oxidation sites excluding steroid dienone is 2. The van der Waals surface area contributed by atoms with E-state index in [2.05, 4.69) is 10.1 Å². The summed E-state index contributed by atoms with van der Waals surface area (Å²) in [7, 11) is 1.27. The first-order chi connectivity index (χ1) is 10.8. The summed E-state index contributed by atoms with van der Waals surface area (Å²) in [4.78, 5) is 36.0. The predicted octanol–water partition coefficient (Wildman–Crippen LogP) is 2.92. The second kappa shape index (κ2) is 6.95. The summed E-state index contributed by atoms with van der Waals surface area (Å²) in [6.07, 6.45) is 0.777. The largest absolute Gasteiger partial charge is 0.481 e. The number of carbonyl (C=O) groups excluding carboxylic acids is 2. The lowest BCUT2D eigenvalue weighted by Gasteiger charge is -2.29. The fraction of sp³-hybridized carbons (Fsp3) is 0.438. The standard InChI is InChI=1S/C16H19NO5S/c1-8-6-10(11(15(19)20)7-9(8)2)14(18)17-12-4-5-23-13(12)16(21)22-3/h4-5,10-11H,6-7H2,1-3H3,(H,17,18)(H,19,20)/t10-,11-/m0/s1. The van der Waals surface area contributed by atoms with E-state index in [1.165, 1.54) is 7.11 Å². The van der Waals surface area contributed by atoms with Crippen LogP contribution in [0.3, 0.4) is 0 Å². The van der Waals surface area contributed by atoms with Crippen molar-refractivity contribution in [3.8, 4) is 0 Å². The Labute approximate surface area is 138 Å². The molecule has 1 heterocycles. The molecule has 2 N–H and O–H groups in total. The molecule has 7 heteroatoms. The summed E-state index contributed by atoms with van der Waals surface area (Å²) in [5.74, 6) is -3.29. The van der Waals surface area contributed by atoms with E-state index in [9.17, 15) is 19.5 Å². The maximum Gasteiger partial charge on any atom is 0.350 e. The summed E-state index contributed by atoms with van der Waals surface area (Å²) >= 11 is 1.16. The second-order valence-electron chi connectivity index (χ2n) is 5.66. The van der Waals surface area contributed by atoms with Crippen molar-refractivity contribution in [2.45, 2.75) is 26.7 Å². The van der Waals surface area contributed by atoms with Crippen LogP contribution in [0.5, 0.6) is 0 Å². The number of ether oxygens (including phenoxy) is 1. The average molecular weight is 337 g/mol. The molecule has 0 radical (unpaired) electrons. The molecule has 0 aromatic carbocycles. The van der Waals surface area contributed by atoms with Gasteiger partial charge < -0.3 is 15.2 Å². The van der Waals surface area contributed by atoms with Crippen molar-refractivity contribution in [2.75, 3.05) is 12.4 Å². The smallest absolute Gasteiger partial charge is 0.350 e. The first kappa shape index (κ1) is 17.2. The SMILES string of the molecule is COC(=O)c1sccc1NC(=O)[C@H]1CC(C)=C(C)C[C@@H]1C(=O)O. The molecular weight excluding hydrogens is 318 g/mol. The van der Waals surface area contributed by atoms with Crippen molar-refractivity contribution in [3.05, 3.63) is 27.5 Å².